The Bertz CT molecular complexity index is 447. The first-order chi connectivity index (χ1) is 9.08. The van der Waals surface area contributed by atoms with E-state index < -0.39 is 11.9 Å². The van der Waals surface area contributed by atoms with Gasteiger partial charge in [-0.2, -0.15) is 0 Å². The second-order valence-corrected chi connectivity index (χ2v) is 3.97. The lowest BCUT2D eigenvalue weighted by atomic mass is 9.93. The predicted octanol–water partition coefficient (Wildman–Crippen LogP) is 0.977. The molecule has 0 aliphatic carbocycles. The van der Waals surface area contributed by atoms with Crippen LogP contribution in [0.4, 0.5) is 0 Å². The van der Waals surface area contributed by atoms with Gasteiger partial charge in [-0.05, 0) is 23.3 Å². The molecule has 0 saturated heterocycles. The van der Waals surface area contributed by atoms with Crippen LogP contribution in [0.1, 0.15) is 17.0 Å². The number of rotatable bonds is 7. The first-order valence-corrected chi connectivity index (χ1v) is 5.75. The lowest BCUT2D eigenvalue weighted by Crippen LogP contribution is -2.22. The minimum absolute atomic E-state index is 0.00152. The van der Waals surface area contributed by atoms with Crippen molar-refractivity contribution >= 4 is 5.97 Å². The standard InChI is InChI=1S/C13H19NO5/c1-17-7-8-4-11(18-2)12(19-3)5-9(8)10(6-14)13(15)16/h4-5,10H,6-7,14H2,1-3H3,(H,15,16). The molecule has 6 heteroatoms. The van der Waals surface area contributed by atoms with E-state index in [4.69, 9.17) is 19.9 Å². The van der Waals surface area contributed by atoms with E-state index in [1.807, 2.05) is 0 Å². The van der Waals surface area contributed by atoms with Gasteiger partial charge in [0, 0.05) is 13.7 Å². The van der Waals surface area contributed by atoms with E-state index in [0.29, 0.717) is 17.1 Å². The van der Waals surface area contributed by atoms with Crippen LogP contribution in [0.25, 0.3) is 0 Å². The smallest absolute Gasteiger partial charge is 0.312 e. The van der Waals surface area contributed by atoms with Gasteiger partial charge in [-0.15, -0.1) is 0 Å². The third-order valence-electron chi connectivity index (χ3n) is 2.85. The minimum Gasteiger partial charge on any atom is -0.493 e. The molecule has 1 unspecified atom stereocenters. The van der Waals surface area contributed by atoms with Gasteiger partial charge in [-0.1, -0.05) is 0 Å². The highest BCUT2D eigenvalue weighted by Crippen LogP contribution is 2.34. The van der Waals surface area contributed by atoms with Crippen LogP contribution in [0.2, 0.25) is 0 Å². The molecule has 0 saturated carbocycles. The van der Waals surface area contributed by atoms with Gasteiger partial charge in [0.1, 0.15) is 0 Å². The third-order valence-corrected chi connectivity index (χ3v) is 2.85. The van der Waals surface area contributed by atoms with Crippen LogP contribution in [-0.2, 0) is 16.1 Å². The van der Waals surface area contributed by atoms with Crippen LogP contribution >= 0.6 is 0 Å². The highest BCUT2D eigenvalue weighted by atomic mass is 16.5. The third kappa shape index (κ3) is 3.36. The van der Waals surface area contributed by atoms with Gasteiger partial charge in [-0.25, -0.2) is 0 Å². The largest absolute Gasteiger partial charge is 0.493 e. The number of benzene rings is 1. The van der Waals surface area contributed by atoms with Gasteiger partial charge in [0.25, 0.3) is 0 Å². The molecule has 1 aromatic carbocycles. The van der Waals surface area contributed by atoms with Crippen LogP contribution in [-0.4, -0.2) is 38.9 Å². The van der Waals surface area contributed by atoms with Gasteiger partial charge in [0.2, 0.25) is 0 Å². The summed E-state index contributed by atoms with van der Waals surface area (Å²) in [4.78, 5) is 11.2. The Labute approximate surface area is 112 Å². The quantitative estimate of drug-likeness (QED) is 0.766. The molecule has 106 valence electrons. The second-order valence-electron chi connectivity index (χ2n) is 3.97. The number of carboxylic acid groups (broad SMARTS) is 1. The molecule has 0 fully saturated rings. The molecule has 0 amide bonds. The zero-order valence-corrected chi connectivity index (χ0v) is 11.3. The highest BCUT2D eigenvalue weighted by Gasteiger charge is 2.23. The summed E-state index contributed by atoms with van der Waals surface area (Å²) >= 11 is 0. The molecule has 0 aliphatic rings. The Hall–Kier alpha value is -1.79. The van der Waals surface area contributed by atoms with Crippen molar-refractivity contribution in [3.05, 3.63) is 23.3 Å². The molecule has 1 rings (SSSR count). The van der Waals surface area contributed by atoms with Crippen molar-refractivity contribution in [1.29, 1.82) is 0 Å². The van der Waals surface area contributed by atoms with Crippen LogP contribution < -0.4 is 15.2 Å². The zero-order chi connectivity index (χ0) is 14.4. The van der Waals surface area contributed by atoms with Crippen molar-refractivity contribution in [1.82, 2.24) is 0 Å². The molecule has 1 atom stereocenters. The van der Waals surface area contributed by atoms with Crippen molar-refractivity contribution in [2.24, 2.45) is 5.73 Å². The fourth-order valence-corrected chi connectivity index (χ4v) is 1.90. The maximum absolute atomic E-state index is 11.2. The minimum atomic E-state index is -0.980. The van der Waals surface area contributed by atoms with Gasteiger partial charge >= 0.3 is 5.97 Å². The van der Waals surface area contributed by atoms with Crippen molar-refractivity contribution in [3.63, 3.8) is 0 Å². The topological polar surface area (TPSA) is 91.0 Å². The normalized spacial score (nSPS) is 12.0. The lowest BCUT2D eigenvalue weighted by molar-refractivity contribution is -0.138. The van der Waals surface area contributed by atoms with Crippen LogP contribution in [0, 0.1) is 0 Å². The average Bonchev–Trinajstić information content (AvgIpc) is 2.40. The van der Waals surface area contributed by atoms with Crippen molar-refractivity contribution in [2.75, 3.05) is 27.9 Å². The van der Waals surface area contributed by atoms with Crippen molar-refractivity contribution in [3.8, 4) is 11.5 Å². The van der Waals surface area contributed by atoms with Crippen LogP contribution in [0.3, 0.4) is 0 Å². The van der Waals surface area contributed by atoms with Gasteiger partial charge in [-0.3, -0.25) is 4.79 Å². The Kier molecular flexibility index (Phi) is 5.59. The summed E-state index contributed by atoms with van der Waals surface area (Å²) in [5.41, 5.74) is 6.84. The van der Waals surface area contributed by atoms with E-state index in [1.165, 1.54) is 14.2 Å². The second kappa shape index (κ2) is 6.96. The highest BCUT2D eigenvalue weighted by molar-refractivity contribution is 5.77. The maximum atomic E-state index is 11.2. The maximum Gasteiger partial charge on any atom is 0.312 e. The van der Waals surface area contributed by atoms with E-state index >= 15 is 0 Å². The molecule has 0 aromatic heterocycles. The fraction of sp³-hybridized carbons (Fsp3) is 0.462. The van der Waals surface area contributed by atoms with Crippen LogP contribution in [0.15, 0.2) is 12.1 Å². The van der Waals surface area contributed by atoms with Gasteiger partial charge in [0.15, 0.2) is 11.5 Å². The zero-order valence-electron chi connectivity index (χ0n) is 11.3. The van der Waals surface area contributed by atoms with E-state index in [0.717, 1.165) is 5.56 Å². The molecule has 0 spiro atoms. The molecule has 19 heavy (non-hydrogen) atoms. The Morgan fingerprint density at radius 2 is 1.84 bits per heavy atom. The van der Waals surface area contributed by atoms with E-state index in [1.54, 1.807) is 19.2 Å². The molecule has 0 aliphatic heterocycles. The molecule has 0 bridgehead atoms. The SMILES string of the molecule is COCc1cc(OC)c(OC)cc1C(CN)C(=O)O. The van der Waals surface area contributed by atoms with E-state index in [9.17, 15) is 9.90 Å². The first kappa shape index (κ1) is 15.3. The van der Waals surface area contributed by atoms with Gasteiger partial charge in [0.05, 0.1) is 26.7 Å². The predicted molar refractivity (Wildman–Crippen MR) is 69.7 cm³/mol. The van der Waals surface area contributed by atoms with E-state index in [-0.39, 0.29) is 13.2 Å². The summed E-state index contributed by atoms with van der Waals surface area (Å²) in [6, 6.07) is 3.35. The molecule has 3 N–H and O–H groups in total. The number of ether oxygens (including phenoxy) is 3. The number of nitrogens with two attached hydrogens (primary N) is 1. The van der Waals surface area contributed by atoms with Crippen LogP contribution in [0.5, 0.6) is 11.5 Å². The van der Waals surface area contributed by atoms with Gasteiger partial charge < -0.3 is 25.1 Å². The Morgan fingerprint density at radius 3 is 2.26 bits per heavy atom. The molecular formula is C13H19NO5. The molecular weight excluding hydrogens is 250 g/mol. The number of carbonyl (C=O) groups is 1. The average molecular weight is 269 g/mol. The van der Waals surface area contributed by atoms with Crippen molar-refractivity contribution < 1.29 is 24.1 Å². The Morgan fingerprint density at radius 1 is 1.26 bits per heavy atom. The van der Waals surface area contributed by atoms with E-state index in [2.05, 4.69) is 0 Å². The number of hydrogen-bond acceptors (Lipinski definition) is 5. The number of methoxy groups -OCH3 is 3. The first-order valence-electron chi connectivity index (χ1n) is 5.75. The molecule has 0 radical (unpaired) electrons. The number of carboxylic acids is 1. The summed E-state index contributed by atoms with van der Waals surface area (Å²) in [5.74, 6) is -0.784. The summed E-state index contributed by atoms with van der Waals surface area (Å²) in [6.45, 7) is 0.279. The lowest BCUT2D eigenvalue weighted by Gasteiger charge is -2.18. The molecule has 6 nitrogen and oxygen atoms in total. The molecule has 0 heterocycles. The summed E-state index contributed by atoms with van der Waals surface area (Å²) in [5, 5.41) is 9.22. The molecule has 1 aromatic rings. The summed E-state index contributed by atoms with van der Waals surface area (Å²) in [7, 11) is 4.56. The summed E-state index contributed by atoms with van der Waals surface area (Å²) in [6.07, 6.45) is 0. The number of hydrogen-bond donors (Lipinski definition) is 2. The fourth-order valence-electron chi connectivity index (χ4n) is 1.90. The monoisotopic (exact) mass is 269 g/mol. The Balaban J connectivity index is 3.37. The summed E-state index contributed by atoms with van der Waals surface area (Å²) < 4.78 is 15.5. The number of aliphatic carboxylic acids is 1. The van der Waals surface area contributed by atoms with Crippen molar-refractivity contribution in [2.45, 2.75) is 12.5 Å².